The maximum Gasteiger partial charge on any atom is 0.408 e. The highest BCUT2D eigenvalue weighted by Crippen LogP contribution is 2.10. The normalized spacial score (nSPS) is 10.6. The van der Waals surface area contributed by atoms with Crippen LogP contribution in [0, 0.1) is 0 Å². The van der Waals surface area contributed by atoms with Crippen LogP contribution in [-0.4, -0.2) is 42.5 Å². The minimum Gasteiger partial charge on any atom is -0.444 e. The smallest absolute Gasteiger partial charge is 0.408 e. The largest absolute Gasteiger partial charge is 0.444 e. The van der Waals surface area contributed by atoms with Crippen LogP contribution in [0.2, 0.25) is 0 Å². The van der Waals surface area contributed by atoms with Crippen LogP contribution in [0.1, 0.15) is 36.7 Å². The molecule has 2 aromatic rings. The SMILES string of the molecule is CC(C)(C)OC(=O)NCC(=O)Nc1cccc(CNC(=O)CNC(=O)c2ccccc2)c1. The minimum atomic E-state index is -0.677. The van der Waals surface area contributed by atoms with Crippen LogP contribution >= 0.6 is 0 Å². The zero-order chi connectivity index (χ0) is 23.6. The number of benzene rings is 2. The van der Waals surface area contributed by atoms with Crippen molar-refractivity contribution < 1.29 is 23.9 Å². The molecular formula is C23H28N4O5. The van der Waals surface area contributed by atoms with Crippen molar-refractivity contribution in [2.75, 3.05) is 18.4 Å². The second kappa shape index (κ2) is 11.5. The van der Waals surface area contributed by atoms with E-state index in [1.807, 2.05) is 0 Å². The molecule has 0 bridgehead atoms. The number of amides is 4. The summed E-state index contributed by atoms with van der Waals surface area (Å²) in [4.78, 5) is 47.6. The molecule has 0 radical (unpaired) electrons. The van der Waals surface area contributed by atoms with Gasteiger partial charge in [0.15, 0.2) is 0 Å². The molecule has 2 rings (SSSR count). The average Bonchev–Trinajstić information content (AvgIpc) is 2.74. The highest BCUT2D eigenvalue weighted by molar-refractivity contribution is 5.96. The summed E-state index contributed by atoms with van der Waals surface area (Å²) in [7, 11) is 0. The van der Waals surface area contributed by atoms with Crippen LogP contribution in [0.15, 0.2) is 54.6 Å². The minimum absolute atomic E-state index is 0.152. The third kappa shape index (κ3) is 9.29. The van der Waals surface area contributed by atoms with Crippen molar-refractivity contribution in [2.24, 2.45) is 0 Å². The lowest BCUT2D eigenvalue weighted by Crippen LogP contribution is -2.37. The van der Waals surface area contributed by atoms with Gasteiger partial charge in [-0.15, -0.1) is 0 Å². The van der Waals surface area contributed by atoms with Crippen molar-refractivity contribution in [1.82, 2.24) is 16.0 Å². The molecular weight excluding hydrogens is 412 g/mol. The van der Waals surface area contributed by atoms with Gasteiger partial charge >= 0.3 is 6.09 Å². The number of carbonyl (C=O) groups is 4. The Morgan fingerprint density at radius 3 is 2.19 bits per heavy atom. The molecule has 4 amide bonds. The average molecular weight is 441 g/mol. The third-order valence-electron chi connectivity index (χ3n) is 3.94. The van der Waals surface area contributed by atoms with Crippen molar-refractivity contribution in [3.63, 3.8) is 0 Å². The zero-order valence-corrected chi connectivity index (χ0v) is 18.4. The van der Waals surface area contributed by atoms with Gasteiger partial charge in [-0.1, -0.05) is 30.3 Å². The number of alkyl carbamates (subject to hydrolysis) is 1. The Morgan fingerprint density at radius 2 is 1.50 bits per heavy atom. The molecule has 0 fully saturated rings. The monoisotopic (exact) mass is 440 g/mol. The van der Waals surface area contributed by atoms with E-state index in [4.69, 9.17) is 4.74 Å². The number of nitrogens with one attached hydrogen (secondary N) is 4. The Bertz CT molecular complexity index is 954. The number of ether oxygens (including phenoxy) is 1. The standard InChI is InChI=1S/C23H28N4O5/c1-23(2,3)32-22(31)26-15-20(29)27-18-11-7-8-16(12-18)13-24-19(28)14-25-21(30)17-9-5-4-6-10-17/h4-12H,13-15H2,1-3H3,(H,24,28)(H,25,30)(H,26,31)(H,27,29). The number of hydrogen-bond donors (Lipinski definition) is 4. The highest BCUT2D eigenvalue weighted by atomic mass is 16.6. The van der Waals surface area contributed by atoms with Gasteiger partial charge < -0.3 is 26.0 Å². The molecule has 32 heavy (non-hydrogen) atoms. The van der Waals surface area contributed by atoms with Gasteiger partial charge in [-0.05, 0) is 50.6 Å². The molecule has 4 N–H and O–H groups in total. The van der Waals surface area contributed by atoms with E-state index >= 15 is 0 Å². The first-order valence-corrected chi connectivity index (χ1v) is 10.1. The summed E-state index contributed by atoms with van der Waals surface area (Å²) in [5, 5.41) is 10.3. The summed E-state index contributed by atoms with van der Waals surface area (Å²) in [6, 6.07) is 15.5. The predicted molar refractivity (Wildman–Crippen MR) is 120 cm³/mol. The van der Waals surface area contributed by atoms with Gasteiger partial charge in [-0.25, -0.2) is 4.79 Å². The lowest BCUT2D eigenvalue weighted by Gasteiger charge is -2.19. The van der Waals surface area contributed by atoms with Crippen LogP contribution < -0.4 is 21.3 Å². The molecule has 0 saturated heterocycles. The first-order chi connectivity index (χ1) is 15.1. The molecule has 0 saturated carbocycles. The van der Waals surface area contributed by atoms with Crippen LogP contribution in [0.5, 0.6) is 0 Å². The summed E-state index contributed by atoms with van der Waals surface area (Å²) in [5.41, 5.74) is 1.10. The number of anilines is 1. The van der Waals surface area contributed by atoms with Crippen molar-refractivity contribution >= 4 is 29.5 Å². The van der Waals surface area contributed by atoms with Gasteiger partial charge in [0.1, 0.15) is 12.1 Å². The maximum atomic E-state index is 12.0. The number of hydrogen-bond acceptors (Lipinski definition) is 5. The van der Waals surface area contributed by atoms with Gasteiger partial charge in [-0.3, -0.25) is 14.4 Å². The molecule has 9 nitrogen and oxygen atoms in total. The molecule has 0 spiro atoms. The molecule has 9 heteroatoms. The second-order valence-corrected chi connectivity index (χ2v) is 7.93. The Kier molecular flexibility index (Phi) is 8.76. The van der Waals surface area contributed by atoms with Crippen LogP contribution in [0.3, 0.4) is 0 Å². The van der Waals surface area contributed by atoms with Crippen LogP contribution in [0.25, 0.3) is 0 Å². The highest BCUT2D eigenvalue weighted by Gasteiger charge is 2.16. The molecule has 0 heterocycles. The Balaban J connectivity index is 1.75. The fraction of sp³-hybridized carbons (Fsp3) is 0.304. The second-order valence-electron chi connectivity index (χ2n) is 7.93. The van der Waals surface area contributed by atoms with E-state index in [0.717, 1.165) is 5.56 Å². The summed E-state index contributed by atoms with van der Waals surface area (Å²) < 4.78 is 5.08. The van der Waals surface area contributed by atoms with Crippen molar-refractivity contribution in [2.45, 2.75) is 32.9 Å². The summed E-state index contributed by atoms with van der Waals surface area (Å²) >= 11 is 0. The molecule has 0 aliphatic rings. The maximum absolute atomic E-state index is 12.0. The Morgan fingerprint density at radius 1 is 0.812 bits per heavy atom. The lowest BCUT2D eigenvalue weighted by atomic mass is 10.2. The van der Waals surface area contributed by atoms with E-state index in [9.17, 15) is 19.2 Å². The van der Waals surface area contributed by atoms with E-state index in [0.29, 0.717) is 11.3 Å². The fourth-order valence-corrected chi connectivity index (χ4v) is 2.55. The Labute approximate surface area is 186 Å². The van der Waals surface area contributed by atoms with Gasteiger partial charge in [0.25, 0.3) is 5.91 Å². The quantitative estimate of drug-likeness (QED) is 0.501. The molecule has 0 atom stereocenters. The summed E-state index contributed by atoms with van der Waals surface area (Å²) in [6.45, 7) is 5.02. The summed E-state index contributed by atoms with van der Waals surface area (Å²) in [6.07, 6.45) is -0.677. The molecule has 170 valence electrons. The van der Waals surface area contributed by atoms with Crippen molar-refractivity contribution in [3.8, 4) is 0 Å². The van der Waals surface area contributed by atoms with E-state index in [1.165, 1.54) is 0 Å². The topological polar surface area (TPSA) is 126 Å². The molecule has 0 unspecified atom stereocenters. The summed E-state index contributed by atoms with van der Waals surface area (Å²) in [5.74, 6) is -1.09. The first kappa shape index (κ1) is 24.4. The fourth-order valence-electron chi connectivity index (χ4n) is 2.55. The predicted octanol–water partition coefficient (Wildman–Crippen LogP) is 2.20. The zero-order valence-electron chi connectivity index (χ0n) is 18.4. The molecule has 0 aliphatic heterocycles. The Hall–Kier alpha value is -3.88. The van der Waals surface area contributed by atoms with E-state index in [2.05, 4.69) is 21.3 Å². The van der Waals surface area contributed by atoms with Crippen LogP contribution in [0.4, 0.5) is 10.5 Å². The molecule has 2 aromatic carbocycles. The van der Waals surface area contributed by atoms with E-state index < -0.39 is 17.6 Å². The molecule has 0 aliphatic carbocycles. The molecule has 0 aromatic heterocycles. The third-order valence-corrected chi connectivity index (χ3v) is 3.94. The van der Waals surface area contributed by atoms with Crippen LogP contribution in [-0.2, 0) is 20.9 Å². The number of carbonyl (C=O) groups excluding carboxylic acids is 4. The van der Waals surface area contributed by atoms with Gasteiger partial charge in [0, 0.05) is 17.8 Å². The van der Waals surface area contributed by atoms with Gasteiger partial charge in [0.2, 0.25) is 11.8 Å². The van der Waals surface area contributed by atoms with Crippen molar-refractivity contribution in [1.29, 1.82) is 0 Å². The van der Waals surface area contributed by atoms with Crippen molar-refractivity contribution in [3.05, 3.63) is 65.7 Å². The first-order valence-electron chi connectivity index (χ1n) is 10.1. The lowest BCUT2D eigenvalue weighted by molar-refractivity contribution is -0.120. The van der Waals surface area contributed by atoms with Gasteiger partial charge in [0.05, 0.1) is 6.54 Å². The van der Waals surface area contributed by atoms with E-state index in [-0.39, 0.29) is 31.4 Å². The van der Waals surface area contributed by atoms with E-state index in [1.54, 1.807) is 75.4 Å². The number of rotatable bonds is 8. The van der Waals surface area contributed by atoms with Gasteiger partial charge in [-0.2, -0.15) is 0 Å².